The van der Waals surface area contributed by atoms with Gasteiger partial charge in [-0.05, 0) is 24.1 Å². The molecular weight excluding hydrogens is 191 g/mol. The lowest BCUT2D eigenvalue weighted by Crippen LogP contribution is -1.85. The summed E-state index contributed by atoms with van der Waals surface area (Å²) in [5.74, 6) is 0. The van der Waals surface area contributed by atoms with Gasteiger partial charge in [0.25, 0.3) is 0 Å². The molecule has 2 heteroatoms. The zero-order valence-electron chi connectivity index (χ0n) is 6.90. The molecule has 12 heavy (non-hydrogen) atoms. The van der Waals surface area contributed by atoms with Crippen molar-refractivity contribution >= 4 is 23.2 Å². The van der Waals surface area contributed by atoms with Gasteiger partial charge in [-0.2, -0.15) is 0 Å². The Morgan fingerprint density at radius 1 is 1.50 bits per heavy atom. The quantitative estimate of drug-likeness (QED) is 0.679. The van der Waals surface area contributed by atoms with Gasteiger partial charge in [-0.15, -0.1) is 0 Å². The van der Waals surface area contributed by atoms with Crippen molar-refractivity contribution in [3.63, 3.8) is 0 Å². The largest absolute Gasteiger partial charge is 0.0894 e. The minimum atomic E-state index is 0.634. The summed E-state index contributed by atoms with van der Waals surface area (Å²) < 4.78 is 0. The Bertz CT molecular complexity index is 303. The van der Waals surface area contributed by atoms with Crippen LogP contribution in [0.3, 0.4) is 0 Å². The van der Waals surface area contributed by atoms with E-state index in [0.29, 0.717) is 11.5 Å². The summed E-state index contributed by atoms with van der Waals surface area (Å²) in [4.78, 5) is 0. The van der Waals surface area contributed by atoms with E-state index in [1.165, 1.54) is 0 Å². The van der Waals surface area contributed by atoms with E-state index >= 15 is 0 Å². The van der Waals surface area contributed by atoms with E-state index in [1.807, 2.05) is 25.1 Å². The molecule has 0 aliphatic rings. The monoisotopic (exact) mass is 200 g/mol. The van der Waals surface area contributed by atoms with Gasteiger partial charge < -0.3 is 0 Å². The topological polar surface area (TPSA) is 0 Å². The van der Waals surface area contributed by atoms with Crippen LogP contribution in [0, 0.1) is 6.92 Å². The van der Waals surface area contributed by atoms with Gasteiger partial charge in [-0.3, -0.25) is 0 Å². The van der Waals surface area contributed by atoms with Crippen LogP contribution >= 0.6 is 23.2 Å². The first kappa shape index (κ1) is 9.63. The molecule has 1 aromatic carbocycles. The number of allylic oxidation sites excluding steroid dienone is 1. The van der Waals surface area contributed by atoms with E-state index in [9.17, 15) is 0 Å². The van der Waals surface area contributed by atoms with Crippen molar-refractivity contribution in [1.29, 1.82) is 0 Å². The van der Waals surface area contributed by atoms with Crippen LogP contribution < -0.4 is 0 Å². The molecule has 0 atom stereocenters. The summed E-state index contributed by atoms with van der Waals surface area (Å²) >= 11 is 11.6. The second-order valence-electron chi connectivity index (χ2n) is 2.78. The SMILES string of the molecule is C=C(Cl)Cc1ccc(C)c(Cl)c1. The number of aryl methyl sites for hydroxylation is 1. The van der Waals surface area contributed by atoms with Crippen LogP contribution in [0.2, 0.25) is 5.02 Å². The summed E-state index contributed by atoms with van der Waals surface area (Å²) in [6.45, 7) is 5.60. The van der Waals surface area contributed by atoms with Gasteiger partial charge in [0.1, 0.15) is 0 Å². The van der Waals surface area contributed by atoms with Crippen molar-refractivity contribution in [2.24, 2.45) is 0 Å². The molecule has 64 valence electrons. The minimum Gasteiger partial charge on any atom is -0.0894 e. The van der Waals surface area contributed by atoms with E-state index in [2.05, 4.69) is 6.58 Å². The van der Waals surface area contributed by atoms with Gasteiger partial charge in [0.15, 0.2) is 0 Å². The molecule has 0 radical (unpaired) electrons. The van der Waals surface area contributed by atoms with Crippen LogP contribution in [0.1, 0.15) is 11.1 Å². The zero-order chi connectivity index (χ0) is 9.14. The van der Waals surface area contributed by atoms with Crippen molar-refractivity contribution < 1.29 is 0 Å². The number of benzene rings is 1. The van der Waals surface area contributed by atoms with E-state index in [-0.39, 0.29) is 0 Å². The minimum absolute atomic E-state index is 0.634. The summed E-state index contributed by atoms with van der Waals surface area (Å²) in [6, 6.07) is 5.91. The standard InChI is InChI=1S/C10H10Cl2/c1-7-3-4-9(5-8(2)11)6-10(7)12/h3-4,6H,2,5H2,1H3. The van der Waals surface area contributed by atoms with E-state index < -0.39 is 0 Å². The maximum absolute atomic E-state index is 5.92. The van der Waals surface area contributed by atoms with Crippen LogP contribution in [-0.4, -0.2) is 0 Å². The molecule has 0 saturated heterocycles. The van der Waals surface area contributed by atoms with Crippen molar-refractivity contribution in [2.75, 3.05) is 0 Å². The molecule has 0 heterocycles. The van der Waals surface area contributed by atoms with Gasteiger partial charge in [0, 0.05) is 16.5 Å². The summed E-state index contributed by atoms with van der Waals surface area (Å²) in [7, 11) is 0. The third-order valence-corrected chi connectivity index (χ3v) is 2.17. The molecule has 0 fully saturated rings. The van der Waals surface area contributed by atoms with Crippen molar-refractivity contribution in [1.82, 2.24) is 0 Å². The van der Waals surface area contributed by atoms with Crippen molar-refractivity contribution in [2.45, 2.75) is 13.3 Å². The molecule has 0 spiro atoms. The molecule has 0 N–H and O–H groups in total. The second kappa shape index (κ2) is 3.97. The molecule has 0 aliphatic carbocycles. The maximum Gasteiger partial charge on any atom is 0.0438 e. The highest BCUT2D eigenvalue weighted by Crippen LogP contribution is 2.19. The highest BCUT2D eigenvalue weighted by molar-refractivity contribution is 6.31. The van der Waals surface area contributed by atoms with Gasteiger partial charge in [-0.1, -0.05) is 41.9 Å². The summed E-state index contributed by atoms with van der Waals surface area (Å²) in [6.07, 6.45) is 0.682. The fraction of sp³-hybridized carbons (Fsp3) is 0.200. The van der Waals surface area contributed by atoms with Crippen LogP contribution in [-0.2, 0) is 6.42 Å². The van der Waals surface area contributed by atoms with E-state index in [0.717, 1.165) is 16.1 Å². The normalized spacial score (nSPS) is 9.92. The lowest BCUT2D eigenvalue weighted by Gasteiger charge is -2.01. The molecule has 0 bridgehead atoms. The molecule has 1 rings (SSSR count). The van der Waals surface area contributed by atoms with E-state index in [1.54, 1.807) is 0 Å². The van der Waals surface area contributed by atoms with Crippen molar-refractivity contribution in [3.05, 3.63) is 46.0 Å². The predicted molar refractivity (Wildman–Crippen MR) is 54.9 cm³/mol. The molecule has 0 unspecified atom stereocenters. The fourth-order valence-electron chi connectivity index (χ4n) is 0.968. The van der Waals surface area contributed by atoms with Gasteiger partial charge >= 0.3 is 0 Å². The number of halogens is 2. The molecular formula is C10H10Cl2. The summed E-state index contributed by atoms with van der Waals surface area (Å²) in [5.41, 5.74) is 2.19. The fourth-order valence-corrected chi connectivity index (χ4v) is 1.33. The number of hydrogen-bond donors (Lipinski definition) is 0. The molecule has 0 aliphatic heterocycles. The lowest BCUT2D eigenvalue weighted by atomic mass is 10.1. The lowest BCUT2D eigenvalue weighted by molar-refractivity contribution is 1.24. The van der Waals surface area contributed by atoms with Crippen LogP contribution in [0.25, 0.3) is 0 Å². The maximum atomic E-state index is 5.92. The first-order valence-corrected chi connectivity index (χ1v) is 4.43. The highest BCUT2D eigenvalue weighted by atomic mass is 35.5. The summed E-state index contributed by atoms with van der Waals surface area (Å²) in [5, 5.41) is 1.42. The Labute approximate surface area is 82.8 Å². The third-order valence-electron chi connectivity index (χ3n) is 1.63. The Morgan fingerprint density at radius 3 is 2.67 bits per heavy atom. The van der Waals surface area contributed by atoms with E-state index in [4.69, 9.17) is 23.2 Å². The van der Waals surface area contributed by atoms with Gasteiger partial charge in [-0.25, -0.2) is 0 Å². The van der Waals surface area contributed by atoms with Gasteiger partial charge in [0.05, 0.1) is 0 Å². The Kier molecular flexibility index (Phi) is 3.19. The molecule has 0 aromatic heterocycles. The number of rotatable bonds is 2. The van der Waals surface area contributed by atoms with Crippen molar-refractivity contribution in [3.8, 4) is 0 Å². The molecule has 1 aromatic rings. The molecule has 0 saturated carbocycles. The highest BCUT2D eigenvalue weighted by Gasteiger charge is 1.98. The smallest absolute Gasteiger partial charge is 0.0438 e. The Hall–Kier alpha value is -0.460. The number of hydrogen-bond acceptors (Lipinski definition) is 0. The van der Waals surface area contributed by atoms with Crippen LogP contribution in [0.15, 0.2) is 29.8 Å². The van der Waals surface area contributed by atoms with Crippen LogP contribution in [0.4, 0.5) is 0 Å². The average Bonchev–Trinajstić information content (AvgIpc) is 1.96. The molecule has 0 nitrogen and oxygen atoms in total. The Balaban J connectivity index is 2.89. The second-order valence-corrected chi connectivity index (χ2v) is 3.72. The van der Waals surface area contributed by atoms with Gasteiger partial charge in [0.2, 0.25) is 0 Å². The first-order chi connectivity index (χ1) is 5.59. The third kappa shape index (κ3) is 2.54. The molecule has 0 amide bonds. The predicted octanol–water partition coefficient (Wildman–Crippen LogP) is 3.94. The first-order valence-electron chi connectivity index (χ1n) is 3.68. The zero-order valence-corrected chi connectivity index (χ0v) is 8.41. The average molecular weight is 201 g/mol. The Morgan fingerprint density at radius 2 is 2.17 bits per heavy atom. The van der Waals surface area contributed by atoms with Crippen LogP contribution in [0.5, 0.6) is 0 Å².